The number of primary amides is 1. The standard InChI is InChI=1S/C8H13N3OS/c1-2-8-11-6(4-13-8)5(9)3-7(10)12/h4-5H,2-3,9H2,1H3,(H2,10,12)/t5-/m1/s1. The zero-order chi connectivity index (χ0) is 9.84. The summed E-state index contributed by atoms with van der Waals surface area (Å²) in [6, 6.07) is -0.353. The summed E-state index contributed by atoms with van der Waals surface area (Å²) in [5.41, 5.74) is 11.5. The molecule has 0 fully saturated rings. The predicted octanol–water partition coefficient (Wildman–Crippen LogP) is 0.581. The first kappa shape index (κ1) is 10.1. The highest BCUT2D eigenvalue weighted by molar-refractivity contribution is 7.09. The summed E-state index contributed by atoms with van der Waals surface area (Å²) < 4.78 is 0. The van der Waals surface area contributed by atoms with E-state index in [1.807, 2.05) is 12.3 Å². The van der Waals surface area contributed by atoms with Crippen LogP contribution in [0, 0.1) is 0 Å². The van der Waals surface area contributed by atoms with Gasteiger partial charge in [-0.2, -0.15) is 0 Å². The van der Waals surface area contributed by atoms with E-state index in [-0.39, 0.29) is 12.5 Å². The third kappa shape index (κ3) is 2.78. The maximum absolute atomic E-state index is 10.6. The Labute approximate surface area is 81.0 Å². The lowest BCUT2D eigenvalue weighted by molar-refractivity contribution is -0.118. The second kappa shape index (κ2) is 4.34. The number of aromatic nitrogens is 1. The zero-order valence-corrected chi connectivity index (χ0v) is 8.30. The molecule has 0 aliphatic rings. The summed E-state index contributed by atoms with van der Waals surface area (Å²) in [5, 5.41) is 2.92. The van der Waals surface area contributed by atoms with Gasteiger partial charge in [-0.3, -0.25) is 4.79 Å². The summed E-state index contributed by atoms with van der Waals surface area (Å²) in [6.07, 6.45) is 1.06. The average molecular weight is 199 g/mol. The van der Waals surface area contributed by atoms with Crippen LogP contribution in [0.2, 0.25) is 0 Å². The SMILES string of the molecule is CCc1nc([C@H](N)CC(N)=O)cs1. The number of aryl methyl sites for hydroxylation is 1. The van der Waals surface area contributed by atoms with Gasteiger partial charge in [0.1, 0.15) is 0 Å². The number of carbonyl (C=O) groups excluding carboxylic acids is 1. The van der Waals surface area contributed by atoms with E-state index in [0.717, 1.165) is 17.1 Å². The zero-order valence-electron chi connectivity index (χ0n) is 7.49. The first-order chi connectivity index (χ1) is 6.13. The lowest BCUT2D eigenvalue weighted by atomic mass is 10.2. The fourth-order valence-corrected chi connectivity index (χ4v) is 1.79. The Bertz CT molecular complexity index is 297. The third-order valence-corrected chi connectivity index (χ3v) is 2.68. The first-order valence-electron chi connectivity index (χ1n) is 4.11. The molecule has 1 rings (SSSR count). The van der Waals surface area contributed by atoms with E-state index in [1.54, 1.807) is 11.3 Å². The van der Waals surface area contributed by atoms with Gasteiger partial charge < -0.3 is 11.5 Å². The van der Waals surface area contributed by atoms with Crippen LogP contribution in [0.5, 0.6) is 0 Å². The highest BCUT2D eigenvalue weighted by Gasteiger charge is 2.12. The minimum Gasteiger partial charge on any atom is -0.370 e. The maximum atomic E-state index is 10.6. The molecule has 4 N–H and O–H groups in total. The third-order valence-electron chi connectivity index (χ3n) is 1.67. The topological polar surface area (TPSA) is 82.0 Å². The largest absolute Gasteiger partial charge is 0.370 e. The van der Waals surface area contributed by atoms with Crippen LogP contribution in [-0.2, 0) is 11.2 Å². The molecule has 13 heavy (non-hydrogen) atoms. The van der Waals surface area contributed by atoms with Crippen molar-refractivity contribution in [2.75, 3.05) is 0 Å². The van der Waals surface area contributed by atoms with Crippen LogP contribution in [0.15, 0.2) is 5.38 Å². The fraction of sp³-hybridized carbons (Fsp3) is 0.500. The smallest absolute Gasteiger partial charge is 0.219 e. The van der Waals surface area contributed by atoms with Gasteiger partial charge in [0, 0.05) is 11.8 Å². The van der Waals surface area contributed by atoms with Gasteiger partial charge in [-0.15, -0.1) is 11.3 Å². The van der Waals surface area contributed by atoms with Gasteiger partial charge >= 0.3 is 0 Å². The van der Waals surface area contributed by atoms with E-state index in [2.05, 4.69) is 4.98 Å². The second-order valence-electron chi connectivity index (χ2n) is 2.80. The van der Waals surface area contributed by atoms with Crippen molar-refractivity contribution in [1.29, 1.82) is 0 Å². The molecule has 0 saturated heterocycles. The molecule has 1 aromatic rings. The average Bonchev–Trinajstić information content (AvgIpc) is 2.50. The number of nitrogens with two attached hydrogens (primary N) is 2. The Morgan fingerprint density at radius 3 is 2.92 bits per heavy atom. The van der Waals surface area contributed by atoms with E-state index < -0.39 is 5.91 Å². The molecular formula is C8H13N3OS. The molecule has 0 aromatic carbocycles. The van der Waals surface area contributed by atoms with Crippen molar-refractivity contribution in [3.63, 3.8) is 0 Å². The molecule has 5 heteroatoms. The predicted molar refractivity (Wildman–Crippen MR) is 52.2 cm³/mol. The molecule has 1 aromatic heterocycles. The number of amides is 1. The Kier molecular flexibility index (Phi) is 3.39. The lowest BCUT2D eigenvalue weighted by Gasteiger charge is -2.04. The Morgan fingerprint density at radius 1 is 1.77 bits per heavy atom. The van der Waals surface area contributed by atoms with Gasteiger partial charge in [-0.1, -0.05) is 6.92 Å². The van der Waals surface area contributed by atoms with Crippen LogP contribution in [-0.4, -0.2) is 10.9 Å². The molecule has 0 saturated carbocycles. The molecule has 0 aliphatic heterocycles. The number of hydrogen-bond donors (Lipinski definition) is 2. The highest BCUT2D eigenvalue weighted by atomic mass is 32.1. The molecule has 72 valence electrons. The van der Waals surface area contributed by atoms with Crippen LogP contribution < -0.4 is 11.5 Å². The van der Waals surface area contributed by atoms with Crippen LogP contribution in [0.4, 0.5) is 0 Å². The monoisotopic (exact) mass is 199 g/mol. The van der Waals surface area contributed by atoms with Crippen molar-refractivity contribution in [3.8, 4) is 0 Å². The highest BCUT2D eigenvalue weighted by Crippen LogP contribution is 2.17. The molecule has 0 spiro atoms. The molecule has 0 aliphatic carbocycles. The van der Waals surface area contributed by atoms with Crippen LogP contribution in [0.1, 0.15) is 30.1 Å². The minimum absolute atomic E-state index is 0.160. The van der Waals surface area contributed by atoms with Crippen molar-refractivity contribution in [2.45, 2.75) is 25.8 Å². The summed E-state index contributed by atoms with van der Waals surface area (Å²) >= 11 is 1.56. The van der Waals surface area contributed by atoms with Crippen molar-refractivity contribution >= 4 is 17.2 Å². The molecule has 4 nitrogen and oxygen atoms in total. The summed E-state index contributed by atoms with van der Waals surface area (Å²) in [5.74, 6) is -0.390. The van der Waals surface area contributed by atoms with Gasteiger partial charge in [0.2, 0.25) is 5.91 Å². The molecule has 1 heterocycles. The molecule has 1 atom stereocenters. The van der Waals surface area contributed by atoms with Gasteiger partial charge in [0.15, 0.2) is 0 Å². The molecule has 1 amide bonds. The number of carbonyl (C=O) groups is 1. The van der Waals surface area contributed by atoms with Crippen LogP contribution in [0.3, 0.4) is 0 Å². The van der Waals surface area contributed by atoms with E-state index in [0.29, 0.717) is 0 Å². The van der Waals surface area contributed by atoms with E-state index >= 15 is 0 Å². The van der Waals surface area contributed by atoms with Crippen LogP contribution >= 0.6 is 11.3 Å². The van der Waals surface area contributed by atoms with Crippen molar-refractivity contribution in [1.82, 2.24) is 4.98 Å². The number of rotatable bonds is 4. The van der Waals surface area contributed by atoms with Crippen molar-refractivity contribution in [2.24, 2.45) is 11.5 Å². The fourth-order valence-electron chi connectivity index (χ4n) is 0.979. The number of thiazole rings is 1. The normalized spacial score (nSPS) is 12.8. The van der Waals surface area contributed by atoms with Gasteiger partial charge in [-0.25, -0.2) is 4.98 Å². The van der Waals surface area contributed by atoms with E-state index in [1.165, 1.54) is 0 Å². The minimum atomic E-state index is -0.390. The Morgan fingerprint density at radius 2 is 2.46 bits per heavy atom. The second-order valence-corrected chi connectivity index (χ2v) is 3.74. The molecule has 0 bridgehead atoms. The molecule has 0 radical (unpaired) electrons. The van der Waals surface area contributed by atoms with Gasteiger partial charge in [0.05, 0.1) is 16.7 Å². The van der Waals surface area contributed by atoms with Crippen molar-refractivity contribution < 1.29 is 4.79 Å². The Hall–Kier alpha value is -0.940. The maximum Gasteiger partial charge on any atom is 0.219 e. The van der Waals surface area contributed by atoms with E-state index in [4.69, 9.17) is 11.5 Å². The van der Waals surface area contributed by atoms with Gasteiger partial charge in [-0.05, 0) is 6.42 Å². The number of hydrogen-bond acceptors (Lipinski definition) is 4. The summed E-state index contributed by atoms with van der Waals surface area (Å²) in [6.45, 7) is 2.03. The summed E-state index contributed by atoms with van der Waals surface area (Å²) in [4.78, 5) is 14.8. The summed E-state index contributed by atoms with van der Waals surface area (Å²) in [7, 11) is 0. The van der Waals surface area contributed by atoms with E-state index in [9.17, 15) is 4.79 Å². The lowest BCUT2D eigenvalue weighted by Crippen LogP contribution is -2.20. The van der Waals surface area contributed by atoms with Gasteiger partial charge in [0.25, 0.3) is 0 Å². The quantitative estimate of drug-likeness (QED) is 0.744. The molecule has 0 unspecified atom stereocenters. The van der Waals surface area contributed by atoms with Crippen molar-refractivity contribution in [3.05, 3.63) is 16.1 Å². The number of nitrogens with zero attached hydrogens (tertiary/aromatic N) is 1. The first-order valence-corrected chi connectivity index (χ1v) is 4.99. The van der Waals surface area contributed by atoms with Crippen LogP contribution in [0.25, 0.3) is 0 Å². The molecular weight excluding hydrogens is 186 g/mol. The Balaban J connectivity index is 2.65.